The van der Waals surface area contributed by atoms with Crippen molar-refractivity contribution in [1.82, 2.24) is 10.3 Å². The number of hydrogen-bond donors (Lipinski definition) is 1. The van der Waals surface area contributed by atoms with E-state index in [4.69, 9.17) is 4.98 Å². The number of fused-ring (bicyclic) bond motifs is 1. The molecule has 0 radical (unpaired) electrons. The Morgan fingerprint density at radius 3 is 2.44 bits per heavy atom. The van der Waals surface area contributed by atoms with E-state index in [1.807, 2.05) is 66.0 Å². The topological polar surface area (TPSA) is 42.0 Å². The van der Waals surface area contributed by atoms with E-state index in [0.717, 1.165) is 33.5 Å². The largest absolute Gasteiger partial charge is 0.345 e. The molecule has 0 fully saturated rings. The zero-order valence-corrected chi connectivity index (χ0v) is 15.9. The van der Waals surface area contributed by atoms with Crippen molar-refractivity contribution in [2.45, 2.75) is 19.4 Å². The Balaban J connectivity index is 1.72. The molecule has 1 atom stereocenters. The summed E-state index contributed by atoms with van der Waals surface area (Å²) in [6.07, 6.45) is 0.833. The van der Waals surface area contributed by atoms with Gasteiger partial charge >= 0.3 is 0 Å². The monoisotopic (exact) mass is 372 g/mol. The van der Waals surface area contributed by atoms with Crippen LogP contribution in [0, 0.1) is 0 Å². The Kier molecular flexibility index (Phi) is 4.99. The number of hydrogen-bond acceptors (Lipinski definition) is 3. The quantitative estimate of drug-likeness (QED) is 0.478. The second kappa shape index (κ2) is 7.72. The first kappa shape index (κ1) is 17.4. The number of pyridine rings is 1. The fourth-order valence-electron chi connectivity index (χ4n) is 3.22. The van der Waals surface area contributed by atoms with Crippen LogP contribution in [0.3, 0.4) is 0 Å². The second-order valence-corrected chi connectivity index (χ2v) is 7.32. The summed E-state index contributed by atoms with van der Waals surface area (Å²) in [7, 11) is 0. The summed E-state index contributed by atoms with van der Waals surface area (Å²) >= 11 is 1.55. The van der Waals surface area contributed by atoms with Crippen LogP contribution in [0.4, 0.5) is 0 Å². The maximum absolute atomic E-state index is 13.2. The first-order chi connectivity index (χ1) is 13.3. The molecule has 1 N–H and O–H groups in total. The van der Waals surface area contributed by atoms with Crippen molar-refractivity contribution in [3.05, 3.63) is 89.3 Å². The van der Waals surface area contributed by atoms with Gasteiger partial charge in [0.2, 0.25) is 0 Å². The molecule has 4 aromatic rings. The lowest BCUT2D eigenvalue weighted by Crippen LogP contribution is -2.28. The Labute approximate surface area is 162 Å². The Morgan fingerprint density at radius 1 is 1.04 bits per heavy atom. The van der Waals surface area contributed by atoms with E-state index < -0.39 is 0 Å². The molecule has 2 aromatic carbocycles. The number of benzene rings is 2. The van der Waals surface area contributed by atoms with Gasteiger partial charge in [-0.1, -0.05) is 67.6 Å². The van der Waals surface area contributed by atoms with Crippen LogP contribution < -0.4 is 5.32 Å². The molecule has 0 saturated carbocycles. The zero-order chi connectivity index (χ0) is 18.6. The molecular weight excluding hydrogens is 352 g/mol. The summed E-state index contributed by atoms with van der Waals surface area (Å²) in [5.74, 6) is -0.0577. The van der Waals surface area contributed by atoms with Crippen LogP contribution >= 0.6 is 11.3 Å². The Morgan fingerprint density at radius 2 is 1.74 bits per heavy atom. The van der Waals surface area contributed by atoms with Gasteiger partial charge in [0, 0.05) is 5.56 Å². The summed E-state index contributed by atoms with van der Waals surface area (Å²) in [5, 5.41) is 5.18. The minimum atomic E-state index is -0.0577. The lowest BCUT2D eigenvalue weighted by Gasteiger charge is -2.18. The van der Waals surface area contributed by atoms with Crippen LogP contribution in [0.1, 0.15) is 35.3 Å². The van der Waals surface area contributed by atoms with Crippen molar-refractivity contribution in [3.63, 3.8) is 0 Å². The summed E-state index contributed by atoms with van der Waals surface area (Å²) < 4.78 is 0.926. The normalized spacial score (nSPS) is 12.0. The van der Waals surface area contributed by atoms with Gasteiger partial charge in [-0.05, 0) is 29.5 Å². The highest BCUT2D eigenvalue weighted by molar-refractivity contribution is 7.17. The number of amides is 1. The highest BCUT2D eigenvalue weighted by Gasteiger charge is 2.18. The number of nitrogens with zero attached hydrogens (tertiary/aromatic N) is 1. The lowest BCUT2D eigenvalue weighted by molar-refractivity contribution is 0.0937. The third-order valence-electron chi connectivity index (χ3n) is 4.64. The van der Waals surface area contributed by atoms with Crippen LogP contribution in [-0.4, -0.2) is 10.9 Å². The van der Waals surface area contributed by atoms with Gasteiger partial charge in [0.25, 0.3) is 5.91 Å². The van der Waals surface area contributed by atoms with Gasteiger partial charge in [-0.15, -0.1) is 11.3 Å². The fraction of sp³-hybridized carbons (Fsp3) is 0.130. The molecule has 0 aliphatic rings. The van der Waals surface area contributed by atoms with E-state index in [1.54, 1.807) is 11.3 Å². The number of thiophene rings is 1. The van der Waals surface area contributed by atoms with Crippen LogP contribution in [0.15, 0.2) is 78.2 Å². The maximum atomic E-state index is 13.2. The molecule has 0 aliphatic heterocycles. The van der Waals surface area contributed by atoms with E-state index in [1.165, 1.54) is 0 Å². The fourth-order valence-corrected chi connectivity index (χ4v) is 4.07. The molecule has 2 heterocycles. The summed E-state index contributed by atoms with van der Waals surface area (Å²) in [5.41, 5.74) is 4.49. The summed E-state index contributed by atoms with van der Waals surface area (Å²) in [6.45, 7) is 2.08. The van der Waals surface area contributed by atoms with Crippen molar-refractivity contribution in [2.24, 2.45) is 0 Å². The van der Waals surface area contributed by atoms with Crippen molar-refractivity contribution in [3.8, 4) is 11.3 Å². The van der Waals surface area contributed by atoms with Gasteiger partial charge in [-0.25, -0.2) is 4.98 Å². The summed E-state index contributed by atoms with van der Waals surface area (Å²) in [4.78, 5) is 17.9. The van der Waals surface area contributed by atoms with Crippen LogP contribution in [0.2, 0.25) is 0 Å². The molecule has 4 rings (SSSR count). The molecule has 4 heteroatoms. The Hall–Kier alpha value is -2.98. The lowest BCUT2D eigenvalue weighted by atomic mass is 10.0. The highest BCUT2D eigenvalue weighted by atomic mass is 32.1. The van der Waals surface area contributed by atoms with E-state index in [-0.39, 0.29) is 11.9 Å². The predicted molar refractivity (Wildman–Crippen MR) is 112 cm³/mol. The van der Waals surface area contributed by atoms with Gasteiger partial charge < -0.3 is 5.32 Å². The molecule has 2 aromatic heterocycles. The number of aromatic nitrogens is 1. The van der Waals surface area contributed by atoms with Crippen molar-refractivity contribution >= 4 is 27.5 Å². The average Bonchev–Trinajstić information content (AvgIpc) is 3.21. The minimum absolute atomic E-state index is 0.0120. The number of carbonyl (C=O) groups is 1. The first-order valence-corrected chi connectivity index (χ1v) is 9.93. The minimum Gasteiger partial charge on any atom is -0.345 e. The molecule has 27 heavy (non-hydrogen) atoms. The third-order valence-corrected chi connectivity index (χ3v) is 5.58. The smallest absolute Gasteiger partial charge is 0.253 e. The second-order valence-electron chi connectivity index (χ2n) is 6.40. The molecule has 0 spiro atoms. The maximum Gasteiger partial charge on any atom is 0.253 e. The number of rotatable bonds is 5. The molecule has 134 valence electrons. The third kappa shape index (κ3) is 3.62. The first-order valence-electron chi connectivity index (χ1n) is 9.05. The van der Waals surface area contributed by atoms with E-state index in [2.05, 4.69) is 24.4 Å². The SMILES string of the molecule is CCC(NC(=O)c1cc(-c2ccccc2)nc2ccsc12)c1ccccc1. The van der Waals surface area contributed by atoms with Crippen molar-refractivity contribution in [1.29, 1.82) is 0 Å². The van der Waals surface area contributed by atoms with Gasteiger partial charge in [0.15, 0.2) is 0 Å². The van der Waals surface area contributed by atoms with Crippen molar-refractivity contribution in [2.75, 3.05) is 0 Å². The van der Waals surface area contributed by atoms with Gasteiger partial charge in [-0.3, -0.25) is 4.79 Å². The van der Waals surface area contributed by atoms with E-state index >= 15 is 0 Å². The van der Waals surface area contributed by atoms with Crippen LogP contribution in [-0.2, 0) is 0 Å². The van der Waals surface area contributed by atoms with E-state index in [0.29, 0.717) is 5.56 Å². The summed E-state index contributed by atoms with van der Waals surface area (Å²) in [6, 6.07) is 23.9. The van der Waals surface area contributed by atoms with Crippen LogP contribution in [0.5, 0.6) is 0 Å². The predicted octanol–water partition coefficient (Wildman–Crippen LogP) is 5.84. The zero-order valence-electron chi connectivity index (χ0n) is 15.1. The van der Waals surface area contributed by atoms with E-state index in [9.17, 15) is 4.79 Å². The molecule has 0 saturated heterocycles. The molecule has 0 aliphatic carbocycles. The van der Waals surface area contributed by atoms with Crippen molar-refractivity contribution < 1.29 is 4.79 Å². The number of carbonyl (C=O) groups excluding carboxylic acids is 1. The average molecular weight is 372 g/mol. The van der Waals surface area contributed by atoms with Gasteiger partial charge in [0.05, 0.1) is 27.5 Å². The molecule has 3 nitrogen and oxygen atoms in total. The standard InChI is InChI=1S/C23H20N2OS/c1-2-19(16-9-5-3-6-10-16)25-23(26)18-15-21(17-11-7-4-8-12-17)24-20-13-14-27-22(18)20/h3-15,19H,2H2,1H3,(H,25,26). The Bertz CT molecular complexity index is 1060. The highest BCUT2D eigenvalue weighted by Crippen LogP contribution is 2.29. The van der Waals surface area contributed by atoms with Gasteiger partial charge in [-0.2, -0.15) is 0 Å². The molecular formula is C23H20N2OS. The molecule has 0 bridgehead atoms. The molecule has 1 unspecified atom stereocenters. The van der Waals surface area contributed by atoms with Gasteiger partial charge in [0.1, 0.15) is 0 Å². The number of nitrogens with one attached hydrogen (secondary N) is 1. The molecule has 1 amide bonds. The van der Waals surface area contributed by atoms with Crippen LogP contribution in [0.25, 0.3) is 21.5 Å².